The van der Waals surface area contributed by atoms with Crippen molar-refractivity contribution in [2.75, 3.05) is 5.32 Å². The summed E-state index contributed by atoms with van der Waals surface area (Å²) in [6.07, 6.45) is -9.88. The second kappa shape index (κ2) is 9.33. The molecule has 3 aromatic carbocycles. The fourth-order valence-corrected chi connectivity index (χ4v) is 2.77. The van der Waals surface area contributed by atoms with Gasteiger partial charge in [-0.2, -0.15) is 13.2 Å². The highest BCUT2D eigenvalue weighted by Gasteiger charge is 2.37. The molecule has 3 rings (SSSR count). The molecule has 0 aliphatic carbocycles. The van der Waals surface area contributed by atoms with Gasteiger partial charge in [-0.05, 0) is 60.7 Å². The number of carbonyl (C=O) groups excluding carboxylic acids is 1. The Morgan fingerprint density at radius 3 is 1.91 bits per heavy atom. The van der Waals surface area contributed by atoms with Crippen molar-refractivity contribution in [2.45, 2.75) is 12.5 Å². The van der Waals surface area contributed by atoms with Crippen LogP contribution in [-0.4, -0.2) is 23.3 Å². The van der Waals surface area contributed by atoms with E-state index in [2.05, 4.69) is 10.1 Å². The zero-order valence-corrected chi connectivity index (χ0v) is 16.7. The average Bonchev–Trinajstić information content (AvgIpc) is 2.73. The lowest BCUT2D eigenvalue weighted by molar-refractivity contribution is -0.274. The molecule has 0 spiro atoms. The summed E-state index contributed by atoms with van der Waals surface area (Å²) in [6, 6.07) is 11.1. The van der Waals surface area contributed by atoms with E-state index in [1.807, 2.05) is 0 Å². The van der Waals surface area contributed by atoms with Crippen LogP contribution in [0.1, 0.15) is 26.3 Å². The third-order valence-electron chi connectivity index (χ3n) is 4.23. The SMILES string of the molecule is O=C(O)c1ccc(NC(=O)c2cccc(C(F)(F)F)c2Oc2ccc(OC(F)(F)F)cc2)cc1. The molecule has 0 aliphatic rings. The second-order valence-corrected chi connectivity index (χ2v) is 6.64. The third-order valence-corrected chi connectivity index (χ3v) is 4.23. The van der Waals surface area contributed by atoms with Crippen LogP contribution in [0.15, 0.2) is 66.7 Å². The maximum atomic E-state index is 13.6. The molecular weight excluding hydrogens is 472 g/mol. The van der Waals surface area contributed by atoms with E-state index in [9.17, 15) is 35.9 Å². The number of hydrogen-bond acceptors (Lipinski definition) is 4. The van der Waals surface area contributed by atoms with E-state index in [4.69, 9.17) is 9.84 Å². The molecule has 0 unspecified atom stereocenters. The zero-order valence-electron chi connectivity index (χ0n) is 16.7. The minimum absolute atomic E-state index is 0.0703. The minimum atomic E-state index is -4.96. The van der Waals surface area contributed by atoms with E-state index in [0.29, 0.717) is 6.07 Å². The fraction of sp³-hybridized carbons (Fsp3) is 0.0909. The van der Waals surface area contributed by atoms with Gasteiger partial charge in [0, 0.05) is 5.69 Å². The van der Waals surface area contributed by atoms with Crippen LogP contribution in [0.25, 0.3) is 0 Å². The lowest BCUT2D eigenvalue weighted by Gasteiger charge is -2.17. The number of carbonyl (C=O) groups is 2. The zero-order chi connectivity index (χ0) is 25.1. The van der Waals surface area contributed by atoms with Crippen molar-refractivity contribution < 1.29 is 50.5 Å². The van der Waals surface area contributed by atoms with Crippen molar-refractivity contribution in [3.05, 3.63) is 83.4 Å². The van der Waals surface area contributed by atoms with Crippen LogP contribution in [0.2, 0.25) is 0 Å². The first-order chi connectivity index (χ1) is 15.8. The number of nitrogens with one attached hydrogen (secondary N) is 1. The van der Waals surface area contributed by atoms with Gasteiger partial charge in [-0.3, -0.25) is 4.79 Å². The number of halogens is 6. The molecule has 6 nitrogen and oxygen atoms in total. The molecule has 3 aromatic rings. The van der Waals surface area contributed by atoms with Crippen molar-refractivity contribution in [3.63, 3.8) is 0 Å². The number of benzene rings is 3. The Morgan fingerprint density at radius 2 is 1.38 bits per heavy atom. The smallest absolute Gasteiger partial charge is 0.478 e. The molecule has 178 valence electrons. The van der Waals surface area contributed by atoms with Crippen LogP contribution in [0.4, 0.5) is 32.0 Å². The Kier molecular flexibility index (Phi) is 6.70. The molecule has 0 saturated carbocycles. The molecule has 0 fully saturated rings. The highest BCUT2D eigenvalue weighted by Crippen LogP contribution is 2.41. The van der Waals surface area contributed by atoms with E-state index in [1.165, 1.54) is 24.3 Å². The Labute approximate surface area is 187 Å². The molecule has 34 heavy (non-hydrogen) atoms. The normalized spacial score (nSPS) is 11.6. The summed E-state index contributed by atoms with van der Waals surface area (Å²) in [7, 11) is 0. The van der Waals surface area contributed by atoms with Crippen LogP contribution < -0.4 is 14.8 Å². The largest absolute Gasteiger partial charge is 0.573 e. The van der Waals surface area contributed by atoms with Crippen molar-refractivity contribution in [1.29, 1.82) is 0 Å². The quantitative estimate of drug-likeness (QED) is 0.398. The van der Waals surface area contributed by atoms with E-state index in [-0.39, 0.29) is 17.0 Å². The Bertz CT molecular complexity index is 1190. The van der Waals surface area contributed by atoms with Crippen molar-refractivity contribution in [2.24, 2.45) is 0 Å². The number of carboxylic acid groups (broad SMARTS) is 1. The number of carboxylic acids is 1. The van der Waals surface area contributed by atoms with E-state index < -0.39 is 47.0 Å². The topological polar surface area (TPSA) is 84.9 Å². The maximum Gasteiger partial charge on any atom is 0.573 e. The maximum absolute atomic E-state index is 13.6. The van der Waals surface area contributed by atoms with Crippen LogP contribution in [0, 0.1) is 0 Å². The van der Waals surface area contributed by atoms with Gasteiger partial charge in [0.05, 0.1) is 16.7 Å². The molecular formula is C22H13F6NO5. The number of amides is 1. The average molecular weight is 485 g/mol. The van der Waals surface area contributed by atoms with Gasteiger partial charge in [0.1, 0.15) is 11.5 Å². The van der Waals surface area contributed by atoms with Crippen LogP contribution in [0.5, 0.6) is 17.2 Å². The highest BCUT2D eigenvalue weighted by atomic mass is 19.4. The minimum Gasteiger partial charge on any atom is -0.478 e. The summed E-state index contributed by atoms with van der Waals surface area (Å²) in [4.78, 5) is 23.6. The lowest BCUT2D eigenvalue weighted by Crippen LogP contribution is -2.17. The number of ether oxygens (including phenoxy) is 2. The van der Waals surface area contributed by atoms with Crippen LogP contribution >= 0.6 is 0 Å². The predicted molar refractivity (Wildman–Crippen MR) is 106 cm³/mol. The number of hydrogen-bond donors (Lipinski definition) is 2. The second-order valence-electron chi connectivity index (χ2n) is 6.64. The summed E-state index contributed by atoms with van der Waals surface area (Å²) in [6.45, 7) is 0. The van der Waals surface area contributed by atoms with E-state index in [1.54, 1.807) is 0 Å². The molecule has 0 aromatic heterocycles. The summed E-state index contributed by atoms with van der Waals surface area (Å²) in [5.74, 6) is -3.99. The highest BCUT2D eigenvalue weighted by molar-refractivity contribution is 6.06. The van der Waals surface area contributed by atoms with Gasteiger partial charge in [0.15, 0.2) is 5.75 Å². The molecule has 1 amide bonds. The van der Waals surface area contributed by atoms with Gasteiger partial charge >= 0.3 is 18.5 Å². The Hall–Kier alpha value is -4.22. The van der Waals surface area contributed by atoms with Gasteiger partial charge in [-0.15, -0.1) is 13.2 Å². The number of para-hydroxylation sites is 1. The predicted octanol–water partition coefficient (Wildman–Crippen LogP) is 6.35. The summed E-state index contributed by atoms with van der Waals surface area (Å²) in [5.41, 5.74) is -1.78. The van der Waals surface area contributed by atoms with Crippen LogP contribution in [0.3, 0.4) is 0 Å². The molecule has 2 N–H and O–H groups in total. The first-order valence-electron chi connectivity index (χ1n) is 9.22. The monoisotopic (exact) mass is 485 g/mol. The van der Waals surface area contributed by atoms with Gasteiger partial charge < -0.3 is 19.9 Å². The van der Waals surface area contributed by atoms with E-state index in [0.717, 1.165) is 36.4 Å². The fourth-order valence-electron chi connectivity index (χ4n) is 2.77. The molecule has 0 saturated heterocycles. The first-order valence-corrected chi connectivity index (χ1v) is 9.22. The van der Waals surface area contributed by atoms with Gasteiger partial charge in [0.25, 0.3) is 5.91 Å². The molecule has 0 atom stereocenters. The molecule has 0 radical (unpaired) electrons. The lowest BCUT2D eigenvalue weighted by atomic mass is 10.1. The first kappa shape index (κ1) is 24.4. The molecule has 0 bridgehead atoms. The third kappa shape index (κ3) is 6.18. The number of rotatable bonds is 6. The molecule has 0 aliphatic heterocycles. The van der Waals surface area contributed by atoms with E-state index >= 15 is 0 Å². The Balaban J connectivity index is 1.92. The summed E-state index contributed by atoms with van der Waals surface area (Å²) in [5, 5.41) is 11.3. The molecule has 0 heterocycles. The van der Waals surface area contributed by atoms with Gasteiger partial charge in [-0.1, -0.05) is 6.07 Å². The number of alkyl halides is 6. The van der Waals surface area contributed by atoms with Crippen molar-refractivity contribution in [3.8, 4) is 17.2 Å². The number of aromatic carboxylic acids is 1. The standard InChI is InChI=1S/C22H13F6NO5/c23-21(24,25)17-3-1-2-16(19(30)29-13-6-4-12(5-7-13)20(31)32)18(17)33-14-8-10-15(11-9-14)34-22(26,27)28/h1-11H,(H,29,30)(H,31,32). The van der Waals surface area contributed by atoms with Crippen LogP contribution in [-0.2, 0) is 6.18 Å². The van der Waals surface area contributed by atoms with Crippen molar-refractivity contribution in [1.82, 2.24) is 0 Å². The van der Waals surface area contributed by atoms with Crippen molar-refractivity contribution >= 4 is 17.6 Å². The molecule has 12 heteroatoms. The Morgan fingerprint density at radius 1 is 0.794 bits per heavy atom. The van der Waals surface area contributed by atoms with Gasteiger partial charge in [0.2, 0.25) is 0 Å². The summed E-state index contributed by atoms with van der Waals surface area (Å²) >= 11 is 0. The number of anilines is 1. The summed E-state index contributed by atoms with van der Waals surface area (Å²) < 4.78 is 86.6. The van der Waals surface area contributed by atoms with Gasteiger partial charge in [-0.25, -0.2) is 4.79 Å².